The van der Waals surface area contributed by atoms with E-state index in [4.69, 9.17) is 24.4 Å². The predicted molar refractivity (Wildman–Crippen MR) is 280 cm³/mol. The van der Waals surface area contributed by atoms with E-state index in [2.05, 4.69) is 63.1 Å². The lowest BCUT2D eigenvalue weighted by Gasteiger charge is -2.20. The molecule has 0 saturated heterocycles. The normalized spacial score (nSPS) is 16.5. The number of carbonyl (C=O) groups is 3. The molecule has 3 aromatic carbocycles. The van der Waals surface area contributed by atoms with Crippen molar-refractivity contribution >= 4 is 86.6 Å². The molecule has 0 fully saturated rings. The molecule has 9 heterocycles. The molecule has 12 rings (SSSR count). The number of benzene rings is 3. The van der Waals surface area contributed by atoms with Gasteiger partial charge in [0.05, 0.1) is 36.9 Å². The Morgan fingerprint density at radius 2 is 1.28 bits per heavy atom. The Kier molecular flexibility index (Phi) is 11.7. The van der Waals surface area contributed by atoms with Crippen LogP contribution in [0.2, 0.25) is 0 Å². The number of carbonyl (C=O) groups excluding carboxylic acids is 3. The molecule has 0 aliphatic carbocycles. The zero-order valence-electron chi connectivity index (χ0n) is 40.8. The van der Waals surface area contributed by atoms with E-state index in [0.717, 1.165) is 16.7 Å². The molecule has 3 aliphatic heterocycles. The van der Waals surface area contributed by atoms with Crippen LogP contribution in [0.15, 0.2) is 91.4 Å². The first-order valence-electron chi connectivity index (χ1n) is 24.4. The first kappa shape index (κ1) is 46.2. The van der Waals surface area contributed by atoms with Gasteiger partial charge in [-0.2, -0.15) is 28.8 Å². The first-order chi connectivity index (χ1) is 36.5. The second kappa shape index (κ2) is 19.0. The van der Waals surface area contributed by atoms with Crippen LogP contribution in [-0.4, -0.2) is 106 Å². The number of ether oxygens (including phenoxy) is 2. The molecular weight excluding hydrogens is 961 g/mol. The number of aryl methyl sites for hydroxylation is 1. The van der Waals surface area contributed by atoms with E-state index in [9.17, 15) is 19.5 Å². The number of aromatic nitrogens is 9. The molecule has 10 bridgehead atoms. The van der Waals surface area contributed by atoms with Gasteiger partial charge in [0.1, 0.15) is 81.6 Å². The molecule has 0 spiro atoms. The van der Waals surface area contributed by atoms with E-state index < -0.39 is 6.10 Å². The van der Waals surface area contributed by atoms with Crippen molar-refractivity contribution in [2.45, 2.75) is 51.9 Å². The van der Waals surface area contributed by atoms with Crippen LogP contribution in [-0.2, 0) is 19.5 Å². The Morgan fingerprint density at radius 1 is 0.667 bits per heavy atom. The molecule has 2 unspecified atom stereocenters. The Labute approximate surface area is 426 Å². The van der Waals surface area contributed by atoms with Gasteiger partial charge in [0.15, 0.2) is 16.9 Å². The lowest BCUT2D eigenvalue weighted by atomic mass is 10.1. The number of nitrogens with zero attached hydrogens (tertiary/aromatic N) is 9. The molecule has 24 nitrogen and oxygen atoms in total. The molecule has 3 aliphatic rings. The molecule has 380 valence electrons. The maximum absolute atomic E-state index is 13.8. The molecule has 24 heteroatoms. The van der Waals surface area contributed by atoms with Gasteiger partial charge in [-0.1, -0.05) is 6.07 Å². The molecule has 3 amide bonds. The topological polar surface area (TPSA) is 289 Å². The second-order valence-corrected chi connectivity index (χ2v) is 18.6. The number of rotatable bonds is 7. The fourth-order valence-electron chi connectivity index (χ4n) is 9.27. The third kappa shape index (κ3) is 9.30. The zero-order valence-corrected chi connectivity index (χ0v) is 40.8. The van der Waals surface area contributed by atoms with Gasteiger partial charge < -0.3 is 62.4 Å². The van der Waals surface area contributed by atoms with E-state index >= 15 is 0 Å². The fourth-order valence-corrected chi connectivity index (χ4v) is 9.27. The summed E-state index contributed by atoms with van der Waals surface area (Å²) in [6.45, 7) is 5.17. The summed E-state index contributed by atoms with van der Waals surface area (Å²) in [6, 6.07) is 21.9. The van der Waals surface area contributed by atoms with Gasteiger partial charge in [-0.25, -0.2) is 15.0 Å². The minimum atomic E-state index is -0.425. The summed E-state index contributed by atoms with van der Waals surface area (Å²) in [4.78, 5) is 54.8. The third-order valence-corrected chi connectivity index (χ3v) is 12.8. The van der Waals surface area contributed by atoms with Crippen molar-refractivity contribution in [3.63, 3.8) is 0 Å². The molecule has 75 heavy (non-hydrogen) atoms. The van der Waals surface area contributed by atoms with Crippen molar-refractivity contribution in [2.24, 2.45) is 0 Å². The maximum Gasteiger partial charge on any atom is 0.257 e. The van der Waals surface area contributed by atoms with Crippen LogP contribution in [0.3, 0.4) is 0 Å². The average molecular weight is 1010 g/mol. The van der Waals surface area contributed by atoms with Crippen LogP contribution in [0.25, 0.3) is 16.9 Å². The minimum Gasteiger partial charge on any atom is -0.508 e. The highest BCUT2D eigenvalue weighted by Gasteiger charge is 2.24. The number of aromatic hydroxyl groups is 1. The molecular formula is C51H50N18O6. The molecule has 6 aromatic heterocycles. The van der Waals surface area contributed by atoms with E-state index in [-0.39, 0.29) is 54.8 Å². The molecule has 9 aromatic rings. The largest absolute Gasteiger partial charge is 0.508 e. The van der Waals surface area contributed by atoms with Gasteiger partial charge in [0.25, 0.3) is 17.7 Å². The molecule has 2 atom stereocenters. The van der Waals surface area contributed by atoms with E-state index in [1.807, 2.05) is 62.4 Å². The van der Waals surface area contributed by atoms with Gasteiger partial charge in [-0.05, 0) is 79.8 Å². The van der Waals surface area contributed by atoms with Crippen molar-refractivity contribution in [1.29, 1.82) is 0 Å². The summed E-state index contributed by atoms with van der Waals surface area (Å²) >= 11 is 0. The van der Waals surface area contributed by atoms with Crippen LogP contribution in [0.4, 0.5) is 52.0 Å². The lowest BCUT2D eigenvalue weighted by molar-refractivity contribution is 0.0922. The summed E-state index contributed by atoms with van der Waals surface area (Å²) in [5.74, 6) is 3.28. The van der Waals surface area contributed by atoms with Crippen LogP contribution >= 0.6 is 0 Å². The van der Waals surface area contributed by atoms with Crippen molar-refractivity contribution in [3.05, 3.63) is 125 Å². The van der Waals surface area contributed by atoms with Gasteiger partial charge in [0.2, 0.25) is 0 Å². The first-order valence-corrected chi connectivity index (χ1v) is 24.4. The molecule has 0 radical (unpaired) electrons. The minimum absolute atomic E-state index is 0.119. The predicted octanol–water partition coefficient (Wildman–Crippen LogP) is 5.71. The van der Waals surface area contributed by atoms with E-state index in [0.29, 0.717) is 117 Å². The van der Waals surface area contributed by atoms with Crippen LogP contribution in [0.1, 0.15) is 68.0 Å². The smallest absolute Gasteiger partial charge is 0.257 e. The third-order valence-electron chi connectivity index (χ3n) is 12.8. The fraction of sp³-hybridized carbons (Fsp3) is 0.235. The molecule has 0 saturated carbocycles. The second-order valence-electron chi connectivity index (χ2n) is 18.6. The highest BCUT2D eigenvalue weighted by Crippen LogP contribution is 2.33. The van der Waals surface area contributed by atoms with Crippen molar-refractivity contribution in [3.8, 4) is 17.2 Å². The maximum atomic E-state index is 13.8. The number of hydrogen-bond donors (Lipinski definition) is 10. The highest BCUT2D eigenvalue weighted by molar-refractivity contribution is 6.01. The van der Waals surface area contributed by atoms with Crippen molar-refractivity contribution < 1.29 is 29.0 Å². The van der Waals surface area contributed by atoms with E-state index in [1.165, 1.54) is 18.6 Å². The number of fused-ring (bicyclic) bond motifs is 8. The average Bonchev–Trinajstić information content (AvgIpc) is 4.15. The monoisotopic (exact) mass is 1010 g/mol. The summed E-state index contributed by atoms with van der Waals surface area (Å²) in [5.41, 5.74) is 6.52. The number of hydrogen-bond acceptors (Lipinski definition) is 18. The number of phenols is 1. The number of anilines is 9. The standard InChI is InChI=1S/C51H50N18O6/c1-26-25-74-39-7-6-29(13-38(39)63-42-16-43(52-3)67-48(66-42)37(24-57-67)51(73)60-26)20-54-44-18-41-62-32-10-30(12-34(15-32)75-27(2)19-56-50(72)36-23-59-68(44)47(36)65-41)21-55-45-17-40-61-31-9-28(11-33(70)14-31)5-4-8-53-49(71)35-22-58-69(45)46(35)64-40/h6-7,9-18,22-24,26-27,52,54-55,70H,4-5,8,19-21,25H2,1-3H3,(H,53,71)(H,56,72)(H,60,73)(H,61,64)(H,62,65)(H,63,66). The highest BCUT2D eigenvalue weighted by atomic mass is 16.5. The summed E-state index contributed by atoms with van der Waals surface area (Å²) in [7, 11) is 1.77. The Balaban J connectivity index is 0.847. The van der Waals surface area contributed by atoms with Crippen molar-refractivity contribution in [1.82, 2.24) is 59.7 Å². The van der Waals surface area contributed by atoms with E-state index in [1.54, 1.807) is 44.9 Å². The van der Waals surface area contributed by atoms with Gasteiger partial charge in [0, 0.05) is 68.4 Å². The van der Waals surface area contributed by atoms with Gasteiger partial charge in [-0.3, -0.25) is 14.4 Å². The Hall–Kier alpha value is -9.87. The summed E-state index contributed by atoms with van der Waals surface area (Å²) in [5, 5.41) is 53.4. The van der Waals surface area contributed by atoms with Crippen LogP contribution in [0, 0.1) is 0 Å². The van der Waals surface area contributed by atoms with Gasteiger partial charge in [-0.15, -0.1) is 0 Å². The number of nitrogens with one attached hydrogen (secondary N) is 9. The quantitative estimate of drug-likeness (QED) is 0.0914. The SMILES string of the molecule is CNc1cc2nc3c(cnn13)C(=O)NC(C)COc1ccc(CNc3cc4nc5c(cnn35)C(=O)NCC(C)Oc3cc(CNc5cc6nc7c(cnn57)C(=O)NCCCc5cc(O)cc(c5)N6)cc(c3)N4)cc1N2. The van der Waals surface area contributed by atoms with Crippen LogP contribution in [0.5, 0.6) is 17.2 Å². The Morgan fingerprint density at radius 3 is 1.97 bits per heavy atom. The van der Waals surface area contributed by atoms with Gasteiger partial charge >= 0.3 is 0 Å². The number of phenolic OH excluding ortho intramolecular Hbond substituents is 1. The van der Waals surface area contributed by atoms with Crippen molar-refractivity contribution in [2.75, 3.05) is 58.6 Å². The number of amides is 3. The zero-order chi connectivity index (χ0) is 51.3. The molecule has 10 N–H and O–H groups in total. The van der Waals surface area contributed by atoms with Crippen LogP contribution < -0.4 is 57.3 Å². The summed E-state index contributed by atoms with van der Waals surface area (Å²) < 4.78 is 17.4. The summed E-state index contributed by atoms with van der Waals surface area (Å²) in [6.07, 6.45) is 5.40. The lowest BCUT2D eigenvalue weighted by Crippen LogP contribution is -2.37. The Bertz CT molecular complexity index is 3760.